The first kappa shape index (κ1) is 14.0. The van der Waals surface area contributed by atoms with Gasteiger partial charge < -0.3 is 15.5 Å². The van der Waals surface area contributed by atoms with Crippen molar-refractivity contribution < 1.29 is 4.74 Å². The van der Waals surface area contributed by atoms with E-state index in [2.05, 4.69) is 20.7 Å². The highest BCUT2D eigenvalue weighted by Gasteiger charge is 2.41. The SMILES string of the molecule is CCc1nc(NN)cc(NCC2(CCOC)CC2)n1. The molecule has 6 nitrogen and oxygen atoms in total. The predicted molar refractivity (Wildman–Crippen MR) is 75.9 cm³/mol. The Morgan fingerprint density at radius 3 is 2.68 bits per heavy atom. The zero-order valence-electron chi connectivity index (χ0n) is 11.7. The van der Waals surface area contributed by atoms with Crippen LogP contribution >= 0.6 is 0 Å². The zero-order chi connectivity index (χ0) is 13.7. The maximum absolute atomic E-state index is 5.42. The van der Waals surface area contributed by atoms with Crippen LogP contribution in [0.1, 0.15) is 32.0 Å². The molecule has 1 aliphatic rings. The van der Waals surface area contributed by atoms with Gasteiger partial charge in [0.05, 0.1) is 0 Å². The fourth-order valence-electron chi connectivity index (χ4n) is 2.11. The van der Waals surface area contributed by atoms with Crippen molar-refractivity contribution in [2.24, 2.45) is 11.3 Å². The Morgan fingerprint density at radius 1 is 1.37 bits per heavy atom. The summed E-state index contributed by atoms with van der Waals surface area (Å²) in [6.07, 6.45) is 4.41. The molecule has 0 amide bonds. The first-order valence-corrected chi connectivity index (χ1v) is 6.79. The van der Waals surface area contributed by atoms with E-state index >= 15 is 0 Å². The summed E-state index contributed by atoms with van der Waals surface area (Å²) < 4.78 is 5.16. The van der Waals surface area contributed by atoms with E-state index in [1.165, 1.54) is 12.8 Å². The first-order chi connectivity index (χ1) is 9.21. The molecule has 0 aliphatic heterocycles. The van der Waals surface area contributed by atoms with Crippen molar-refractivity contribution in [2.45, 2.75) is 32.6 Å². The summed E-state index contributed by atoms with van der Waals surface area (Å²) in [5.74, 6) is 7.69. The Hall–Kier alpha value is -1.40. The van der Waals surface area contributed by atoms with Gasteiger partial charge in [-0.05, 0) is 24.7 Å². The molecule has 2 rings (SSSR count). The summed E-state index contributed by atoms with van der Waals surface area (Å²) in [5.41, 5.74) is 2.97. The molecule has 0 aromatic carbocycles. The van der Waals surface area contributed by atoms with E-state index < -0.39 is 0 Å². The molecule has 1 aliphatic carbocycles. The van der Waals surface area contributed by atoms with Crippen LogP contribution in [-0.4, -0.2) is 30.2 Å². The maximum Gasteiger partial charge on any atom is 0.145 e. The largest absolute Gasteiger partial charge is 0.385 e. The Labute approximate surface area is 114 Å². The topological polar surface area (TPSA) is 85.1 Å². The molecule has 106 valence electrons. The molecule has 0 spiro atoms. The number of nitrogens with one attached hydrogen (secondary N) is 2. The van der Waals surface area contributed by atoms with Gasteiger partial charge in [-0.1, -0.05) is 6.92 Å². The van der Waals surface area contributed by atoms with Crippen LogP contribution in [0, 0.1) is 5.41 Å². The van der Waals surface area contributed by atoms with E-state index in [0.717, 1.165) is 37.6 Å². The van der Waals surface area contributed by atoms with Crippen LogP contribution in [0.5, 0.6) is 0 Å². The molecule has 0 unspecified atom stereocenters. The minimum atomic E-state index is 0.393. The average Bonchev–Trinajstić information content (AvgIpc) is 3.23. The maximum atomic E-state index is 5.42. The molecule has 1 aromatic rings. The van der Waals surface area contributed by atoms with Crippen molar-refractivity contribution in [2.75, 3.05) is 31.0 Å². The lowest BCUT2D eigenvalue weighted by molar-refractivity contribution is 0.175. The number of methoxy groups -OCH3 is 1. The summed E-state index contributed by atoms with van der Waals surface area (Å²) in [6, 6.07) is 1.84. The van der Waals surface area contributed by atoms with E-state index in [1.807, 2.05) is 13.0 Å². The molecule has 1 aromatic heterocycles. The highest BCUT2D eigenvalue weighted by molar-refractivity contribution is 5.47. The highest BCUT2D eigenvalue weighted by atomic mass is 16.5. The van der Waals surface area contributed by atoms with Crippen LogP contribution in [0.15, 0.2) is 6.07 Å². The smallest absolute Gasteiger partial charge is 0.145 e. The Morgan fingerprint density at radius 2 is 2.11 bits per heavy atom. The summed E-state index contributed by atoms with van der Waals surface area (Å²) in [5, 5.41) is 3.40. The van der Waals surface area contributed by atoms with Gasteiger partial charge >= 0.3 is 0 Å². The van der Waals surface area contributed by atoms with Crippen molar-refractivity contribution in [1.29, 1.82) is 0 Å². The van der Waals surface area contributed by atoms with Gasteiger partial charge in [0.2, 0.25) is 0 Å². The molecule has 4 N–H and O–H groups in total. The second kappa shape index (κ2) is 6.16. The lowest BCUT2D eigenvalue weighted by Crippen LogP contribution is -2.19. The highest BCUT2D eigenvalue weighted by Crippen LogP contribution is 2.48. The number of rotatable bonds is 8. The number of anilines is 2. The van der Waals surface area contributed by atoms with Crippen molar-refractivity contribution >= 4 is 11.6 Å². The molecule has 19 heavy (non-hydrogen) atoms. The van der Waals surface area contributed by atoms with E-state index in [9.17, 15) is 0 Å². The van der Waals surface area contributed by atoms with Gasteiger partial charge in [-0.3, -0.25) is 0 Å². The van der Waals surface area contributed by atoms with Crippen molar-refractivity contribution in [3.63, 3.8) is 0 Å². The van der Waals surface area contributed by atoms with Crippen LogP contribution in [-0.2, 0) is 11.2 Å². The molecule has 1 heterocycles. The lowest BCUT2D eigenvalue weighted by Gasteiger charge is -2.16. The molecule has 1 fully saturated rings. The predicted octanol–water partition coefficient (Wildman–Crippen LogP) is 1.55. The summed E-state index contributed by atoms with van der Waals surface area (Å²) >= 11 is 0. The van der Waals surface area contributed by atoms with Crippen LogP contribution < -0.4 is 16.6 Å². The number of aryl methyl sites for hydroxylation is 1. The average molecular weight is 265 g/mol. The molecule has 0 saturated heterocycles. The number of hydrazine groups is 1. The Balaban J connectivity index is 1.95. The number of hydrogen-bond acceptors (Lipinski definition) is 6. The number of hydrogen-bond donors (Lipinski definition) is 3. The number of ether oxygens (including phenoxy) is 1. The lowest BCUT2D eigenvalue weighted by atomic mass is 10.0. The zero-order valence-corrected chi connectivity index (χ0v) is 11.7. The van der Waals surface area contributed by atoms with Gasteiger partial charge in [-0.25, -0.2) is 15.8 Å². The van der Waals surface area contributed by atoms with E-state index in [4.69, 9.17) is 10.6 Å². The third-order valence-electron chi connectivity index (χ3n) is 3.67. The van der Waals surface area contributed by atoms with Gasteiger partial charge in [0.1, 0.15) is 17.5 Å². The quantitative estimate of drug-likeness (QED) is 0.488. The first-order valence-electron chi connectivity index (χ1n) is 6.79. The number of nitrogens with zero attached hydrogens (tertiary/aromatic N) is 2. The molecule has 0 radical (unpaired) electrons. The normalized spacial score (nSPS) is 16.2. The molecular weight excluding hydrogens is 242 g/mol. The molecule has 6 heteroatoms. The minimum absolute atomic E-state index is 0.393. The molecular formula is C13H23N5O. The Bertz CT molecular complexity index is 397. The van der Waals surface area contributed by atoms with Crippen molar-refractivity contribution in [1.82, 2.24) is 9.97 Å². The Kier molecular flexibility index (Phi) is 4.55. The monoisotopic (exact) mass is 265 g/mol. The van der Waals surface area contributed by atoms with Crippen LogP contribution in [0.2, 0.25) is 0 Å². The second-order valence-electron chi connectivity index (χ2n) is 5.15. The third-order valence-corrected chi connectivity index (χ3v) is 3.67. The van der Waals surface area contributed by atoms with E-state index in [-0.39, 0.29) is 0 Å². The van der Waals surface area contributed by atoms with Gasteiger partial charge in [-0.15, -0.1) is 0 Å². The van der Waals surface area contributed by atoms with Gasteiger partial charge in [-0.2, -0.15) is 0 Å². The van der Waals surface area contributed by atoms with E-state index in [0.29, 0.717) is 11.2 Å². The summed E-state index contributed by atoms with van der Waals surface area (Å²) in [7, 11) is 1.75. The standard InChI is InChI=1S/C13H23N5O/c1-3-10-16-11(8-12(17-10)18-14)15-9-13(4-5-13)6-7-19-2/h8H,3-7,9,14H2,1-2H3,(H2,15,16,17,18). The number of nitrogen functional groups attached to an aromatic ring is 1. The fraction of sp³-hybridized carbons (Fsp3) is 0.692. The van der Waals surface area contributed by atoms with Gasteiger partial charge in [0.25, 0.3) is 0 Å². The summed E-state index contributed by atoms with van der Waals surface area (Å²) in [4.78, 5) is 8.73. The minimum Gasteiger partial charge on any atom is -0.385 e. The fourth-order valence-corrected chi connectivity index (χ4v) is 2.11. The van der Waals surface area contributed by atoms with E-state index in [1.54, 1.807) is 7.11 Å². The van der Waals surface area contributed by atoms with Gasteiger partial charge in [0, 0.05) is 32.7 Å². The molecule has 0 atom stereocenters. The van der Waals surface area contributed by atoms with Crippen molar-refractivity contribution in [3.8, 4) is 0 Å². The number of aromatic nitrogens is 2. The van der Waals surface area contributed by atoms with Gasteiger partial charge in [0.15, 0.2) is 0 Å². The van der Waals surface area contributed by atoms with Crippen LogP contribution in [0.3, 0.4) is 0 Å². The summed E-state index contributed by atoms with van der Waals surface area (Å²) in [6.45, 7) is 3.78. The van der Waals surface area contributed by atoms with Crippen LogP contribution in [0.25, 0.3) is 0 Å². The second-order valence-corrected chi connectivity index (χ2v) is 5.15. The third kappa shape index (κ3) is 3.78. The molecule has 0 bridgehead atoms. The van der Waals surface area contributed by atoms with Crippen molar-refractivity contribution in [3.05, 3.63) is 11.9 Å². The van der Waals surface area contributed by atoms with Crippen LogP contribution in [0.4, 0.5) is 11.6 Å². The number of nitrogens with two attached hydrogens (primary N) is 1. The molecule has 1 saturated carbocycles.